The molecular weight excluding hydrogens is 424 g/mol. The first-order chi connectivity index (χ1) is 16.1. The molecule has 0 N–H and O–H groups in total. The fourth-order valence-corrected chi connectivity index (χ4v) is 5.89. The summed E-state index contributed by atoms with van der Waals surface area (Å²) < 4.78 is 2.64. The van der Waals surface area contributed by atoms with Crippen molar-refractivity contribution in [2.75, 3.05) is 0 Å². The van der Waals surface area contributed by atoms with Crippen LogP contribution in [0.1, 0.15) is 45.8 Å². The number of allylic oxidation sites excluding steroid dienone is 1. The molecule has 0 radical (unpaired) electrons. The molecule has 3 aromatic carbocycles. The topological polar surface area (TPSA) is 34.4 Å². The van der Waals surface area contributed by atoms with Crippen molar-refractivity contribution in [3.63, 3.8) is 0 Å². The molecule has 0 amide bonds. The second-order valence-electron chi connectivity index (χ2n) is 8.94. The van der Waals surface area contributed by atoms with E-state index in [1.807, 2.05) is 10.6 Å². The van der Waals surface area contributed by atoms with Gasteiger partial charge in [-0.15, -0.1) is 0 Å². The fourth-order valence-electron chi connectivity index (χ4n) is 4.89. The maximum Gasteiger partial charge on any atom is 0.271 e. The van der Waals surface area contributed by atoms with Crippen molar-refractivity contribution < 1.29 is 0 Å². The Labute approximate surface area is 196 Å². The maximum absolute atomic E-state index is 13.7. The van der Waals surface area contributed by atoms with E-state index in [0.29, 0.717) is 0 Å². The molecule has 1 aliphatic carbocycles. The minimum atomic E-state index is -0.120. The van der Waals surface area contributed by atoms with Gasteiger partial charge in [-0.3, -0.25) is 9.36 Å². The van der Waals surface area contributed by atoms with E-state index in [4.69, 9.17) is 4.99 Å². The number of rotatable bonds is 2. The van der Waals surface area contributed by atoms with Gasteiger partial charge in [0.2, 0.25) is 0 Å². The van der Waals surface area contributed by atoms with E-state index in [0.717, 1.165) is 39.0 Å². The van der Waals surface area contributed by atoms with Gasteiger partial charge in [-0.1, -0.05) is 95.3 Å². The third-order valence-electron chi connectivity index (χ3n) is 6.64. The summed E-state index contributed by atoms with van der Waals surface area (Å²) in [4.78, 5) is 19.6. The van der Waals surface area contributed by atoms with Gasteiger partial charge >= 0.3 is 0 Å². The van der Waals surface area contributed by atoms with Crippen LogP contribution in [-0.2, 0) is 6.42 Å². The normalized spacial score (nSPS) is 17.3. The Morgan fingerprint density at radius 1 is 0.909 bits per heavy atom. The van der Waals surface area contributed by atoms with Crippen LogP contribution in [0.4, 0.5) is 0 Å². The standard InChI is InChI=1S/C29H24N2OS/c1-18-7-11-20(12-8-18)17-25-28(32)31-27(22-13-9-19(2)10-14-22)24-16-15-21-5-3-4-6-23(21)26(24)30-29(31)33-25/h3-14,17,27H,15-16H2,1-2H3/t27-/m1/s1. The lowest BCUT2D eigenvalue weighted by atomic mass is 9.83. The van der Waals surface area contributed by atoms with E-state index < -0.39 is 0 Å². The molecule has 0 spiro atoms. The van der Waals surface area contributed by atoms with Gasteiger partial charge in [0.05, 0.1) is 16.3 Å². The summed E-state index contributed by atoms with van der Waals surface area (Å²) in [5.74, 6) is 0. The number of hydrogen-bond acceptors (Lipinski definition) is 3. The summed E-state index contributed by atoms with van der Waals surface area (Å²) in [6.07, 6.45) is 3.88. The van der Waals surface area contributed by atoms with E-state index in [9.17, 15) is 4.79 Å². The molecule has 1 atom stereocenters. The summed E-state index contributed by atoms with van der Waals surface area (Å²) in [5, 5.41) is 0. The molecule has 2 aliphatic rings. The van der Waals surface area contributed by atoms with E-state index in [1.54, 1.807) is 0 Å². The van der Waals surface area contributed by atoms with Crippen molar-refractivity contribution in [3.8, 4) is 0 Å². The van der Waals surface area contributed by atoms with Gasteiger partial charge in [-0.05, 0) is 55.0 Å². The smallest absolute Gasteiger partial charge is 0.271 e. The number of fused-ring (bicyclic) bond motifs is 3. The highest BCUT2D eigenvalue weighted by atomic mass is 32.1. The summed E-state index contributed by atoms with van der Waals surface area (Å²) in [5.41, 5.74) is 9.46. The first-order valence-corrected chi connectivity index (χ1v) is 12.2. The second kappa shape index (κ2) is 7.82. The van der Waals surface area contributed by atoms with E-state index in [-0.39, 0.29) is 11.6 Å². The summed E-state index contributed by atoms with van der Waals surface area (Å²) in [7, 11) is 0. The van der Waals surface area contributed by atoms with Crippen LogP contribution < -0.4 is 14.9 Å². The minimum absolute atomic E-state index is 0.0373. The molecule has 2 heterocycles. The number of nitrogens with zero attached hydrogens (tertiary/aromatic N) is 2. The molecule has 0 unspecified atom stereocenters. The van der Waals surface area contributed by atoms with Crippen LogP contribution in [-0.4, -0.2) is 4.57 Å². The Balaban J connectivity index is 1.62. The van der Waals surface area contributed by atoms with Crippen molar-refractivity contribution in [2.45, 2.75) is 32.7 Å². The van der Waals surface area contributed by atoms with Crippen LogP contribution in [0.2, 0.25) is 0 Å². The molecule has 3 nitrogen and oxygen atoms in total. The zero-order valence-electron chi connectivity index (χ0n) is 18.7. The average molecular weight is 449 g/mol. The molecule has 33 heavy (non-hydrogen) atoms. The van der Waals surface area contributed by atoms with Crippen LogP contribution in [0.25, 0.3) is 11.8 Å². The molecule has 0 bridgehead atoms. The molecule has 0 saturated heterocycles. The maximum atomic E-state index is 13.7. The van der Waals surface area contributed by atoms with Crippen molar-refractivity contribution in [3.05, 3.63) is 131 Å². The first kappa shape index (κ1) is 20.1. The third-order valence-corrected chi connectivity index (χ3v) is 7.62. The lowest BCUT2D eigenvalue weighted by Crippen LogP contribution is -2.38. The van der Waals surface area contributed by atoms with Gasteiger partial charge in [-0.25, -0.2) is 4.99 Å². The number of thiazole rings is 1. The van der Waals surface area contributed by atoms with Gasteiger partial charge in [0.1, 0.15) is 0 Å². The van der Waals surface area contributed by atoms with Gasteiger partial charge < -0.3 is 0 Å². The minimum Gasteiger partial charge on any atom is -0.272 e. The monoisotopic (exact) mass is 448 g/mol. The lowest BCUT2D eigenvalue weighted by molar-refractivity contribution is 0.585. The molecule has 4 aromatic rings. The predicted molar refractivity (Wildman–Crippen MR) is 135 cm³/mol. The Hall–Kier alpha value is -3.50. The molecule has 1 aliphatic heterocycles. The highest BCUT2D eigenvalue weighted by Crippen LogP contribution is 2.41. The number of benzene rings is 3. The van der Waals surface area contributed by atoms with E-state index in [2.05, 4.69) is 86.6 Å². The third kappa shape index (κ3) is 3.42. The predicted octanol–water partition coefficient (Wildman–Crippen LogP) is 4.94. The molecule has 162 valence electrons. The van der Waals surface area contributed by atoms with E-state index in [1.165, 1.54) is 39.2 Å². The largest absolute Gasteiger partial charge is 0.272 e. The summed E-state index contributed by atoms with van der Waals surface area (Å²) >= 11 is 1.49. The van der Waals surface area contributed by atoms with Crippen molar-refractivity contribution >= 4 is 23.1 Å². The molecule has 0 saturated carbocycles. The van der Waals surface area contributed by atoms with Crippen molar-refractivity contribution in [1.29, 1.82) is 0 Å². The average Bonchev–Trinajstić information content (AvgIpc) is 3.14. The van der Waals surface area contributed by atoms with Crippen LogP contribution >= 0.6 is 11.3 Å². The fraction of sp³-hybridized carbons (Fsp3) is 0.172. The number of aryl methyl sites for hydroxylation is 3. The summed E-state index contributed by atoms with van der Waals surface area (Å²) in [6, 6.07) is 25.3. The molecule has 1 aromatic heterocycles. The van der Waals surface area contributed by atoms with Crippen molar-refractivity contribution in [1.82, 2.24) is 4.57 Å². The Morgan fingerprint density at radius 3 is 2.36 bits per heavy atom. The first-order valence-electron chi connectivity index (χ1n) is 11.3. The highest BCUT2D eigenvalue weighted by molar-refractivity contribution is 7.07. The van der Waals surface area contributed by atoms with Gasteiger partial charge in [0, 0.05) is 5.56 Å². The molecule has 4 heteroatoms. The van der Waals surface area contributed by atoms with E-state index >= 15 is 0 Å². The number of hydrogen-bond donors (Lipinski definition) is 0. The molecule has 0 fully saturated rings. The van der Waals surface area contributed by atoms with Crippen LogP contribution in [0.3, 0.4) is 0 Å². The Kier molecular flexibility index (Phi) is 4.77. The Bertz CT molecular complexity index is 1590. The van der Waals surface area contributed by atoms with Crippen LogP contribution in [0.15, 0.2) is 88.2 Å². The van der Waals surface area contributed by atoms with Gasteiger partial charge in [-0.2, -0.15) is 0 Å². The second-order valence-corrected chi connectivity index (χ2v) is 9.94. The molecular formula is C29H24N2OS. The zero-order valence-corrected chi connectivity index (χ0v) is 19.5. The summed E-state index contributed by atoms with van der Waals surface area (Å²) in [6.45, 7) is 4.17. The van der Waals surface area contributed by atoms with Crippen molar-refractivity contribution in [2.24, 2.45) is 4.99 Å². The van der Waals surface area contributed by atoms with Crippen LogP contribution in [0.5, 0.6) is 0 Å². The quantitative estimate of drug-likeness (QED) is 0.428. The lowest BCUT2D eigenvalue weighted by Gasteiger charge is -2.30. The van der Waals surface area contributed by atoms with Gasteiger partial charge in [0.25, 0.3) is 5.56 Å². The zero-order chi connectivity index (χ0) is 22.5. The number of aromatic nitrogens is 1. The SMILES string of the molecule is Cc1ccc(C=c2sc3n(c2=O)[C@H](c2ccc(C)cc2)C2=C(N=3)c3ccccc3CC2)cc1. The Morgan fingerprint density at radius 2 is 1.61 bits per heavy atom. The molecule has 6 rings (SSSR count). The van der Waals surface area contributed by atoms with Gasteiger partial charge in [0.15, 0.2) is 4.80 Å². The highest BCUT2D eigenvalue weighted by Gasteiger charge is 2.32. The van der Waals surface area contributed by atoms with Crippen LogP contribution in [0, 0.1) is 13.8 Å².